The van der Waals surface area contributed by atoms with E-state index in [0.717, 1.165) is 5.75 Å². The average Bonchev–Trinajstić information content (AvgIpc) is 2.47. The van der Waals surface area contributed by atoms with Crippen LogP contribution in [0.1, 0.15) is 12.5 Å². The van der Waals surface area contributed by atoms with Crippen molar-refractivity contribution in [1.82, 2.24) is 4.90 Å². The van der Waals surface area contributed by atoms with E-state index in [9.17, 15) is 18.3 Å². The summed E-state index contributed by atoms with van der Waals surface area (Å²) in [5.74, 6) is 1.12. The number of carbonyl (C=O) groups excluding carboxylic acids is 1. The van der Waals surface area contributed by atoms with Gasteiger partial charge in [-0.15, -0.1) is 0 Å². The molecule has 0 saturated carbocycles. The summed E-state index contributed by atoms with van der Waals surface area (Å²) in [6, 6.07) is 6.49. The van der Waals surface area contributed by atoms with E-state index >= 15 is 0 Å². The first-order chi connectivity index (χ1) is 9.94. The maximum atomic E-state index is 12.4. The largest absolute Gasteiger partial charge is 0.508 e. The minimum absolute atomic E-state index is 0.0358. The zero-order chi connectivity index (χ0) is 15.5. The Hall–Kier alpha value is -1.21. The van der Waals surface area contributed by atoms with Crippen LogP contribution in [0.15, 0.2) is 24.3 Å². The van der Waals surface area contributed by atoms with Gasteiger partial charge < -0.3 is 10.0 Å². The Morgan fingerprint density at radius 2 is 2.24 bits per heavy atom. The number of rotatable bonds is 4. The van der Waals surface area contributed by atoms with Gasteiger partial charge in [-0.1, -0.05) is 19.1 Å². The Bertz CT molecular complexity index is 615. The lowest BCUT2D eigenvalue weighted by atomic mass is 10.1. The number of benzene rings is 1. The van der Waals surface area contributed by atoms with Crippen molar-refractivity contribution in [3.05, 3.63) is 29.8 Å². The van der Waals surface area contributed by atoms with E-state index in [4.69, 9.17) is 0 Å². The highest BCUT2D eigenvalue weighted by molar-refractivity contribution is 8.01. The predicted molar refractivity (Wildman–Crippen MR) is 84.1 cm³/mol. The molecule has 116 valence electrons. The van der Waals surface area contributed by atoms with Gasteiger partial charge in [0.05, 0.1) is 6.42 Å². The smallest absolute Gasteiger partial charge is 0.228 e. The van der Waals surface area contributed by atoms with Crippen LogP contribution in [0.25, 0.3) is 0 Å². The summed E-state index contributed by atoms with van der Waals surface area (Å²) in [5, 5.41) is 8.70. The summed E-state index contributed by atoms with van der Waals surface area (Å²) in [5.41, 5.74) is 0.686. The van der Waals surface area contributed by atoms with Gasteiger partial charge in [-0.05, 0) is 17.7 Å². The number of nitrogens with zero attached hydrogens (tertiary/aromatic N) is 1. The van der Waals surface area contributed by atoms with Crippen LogP contribution in [0.3, 0.4) is 0 Å². The zero-order valence-corrected chi connectivity index (χ0v) is 13.5. The number of phenolic OH excluding ortho intramolecular Hbond substituents is 1. The van der Waals surface area contributed by atoms with Crippen molar-refractivity contribution in [2.24, 2.45) is 0 Å². The normalized spacial score (nSPS) is 19.5. The molecule has 1 atom stereocenters. The van der Waals surface area contributed by atoms with Crippen molar-refractivity contribution in [3.8, 4) is 5.75 Å². The SMILES string of the molecule is CCS(=O)(=O)C1CSCCN1C(=O)Cc1cccc(O)c1. The van der Waals surface area contributed by atoms with Crippen molar-refractivity contribution < 1.29 is 18.3 Å². The van der Waals surface area contributed by atoms with Gasteiger partial charge in [0.15, 0.2) is 9.84 Å². The van der Waals surface area contributed by atoms with E-state index in [2.05, 4.69) is 0 Å². The Labute approximate surface area is 129 Å². The molecule has 2 rings (SSSR count). The molecule has 1 aromatic carbocycles. The first-order valence-corrected chi connectivity index (χ1v) is 9.67. The van der Waals surface area contributed by atoms with Crippen LogP contribution in [0.5, 0.6) is 5.75 Å². The monoisotopic (exact) mass is 329 g/mol. The quantitative estimate of drug-likeness (QED) is 0.900. The molecule has 0 radical (unpaired) electrons. The molecular weight excluding hydrogens is 310 g/mol. The molecule has 0 bridgehead atoms. The lowest BCUT2D eigenvalue weighted by Gasteiger charge is -2.34. The second-order valence-electron chi connectivity index (χ2n) is 4.91. The molecule has 0 aromatic heterocycles. The van der Waals surface area contributed by atoms with E-state index in [1.165, 1.54) is 17.0 Å². The second-order valence-corrected chi connectivity index (χ2v) is 8.51. The van der Waals surface area contributed by atoms with Crippen LogP contribution in [-0.2, 0) is 21.1 Å². The van der Waals surface area contributed by atoms with Crippen LogP contribution >= 0.6 is 11.8 Å². The predicted octanol–water partition coefficient (Wildman–Crippen LogP) is 1.27. The third-order valence-corrected chi connectivity index (χ3v) is 6.78. The number of thioether (sulfide) groups is 1. The highest BCUT2D eigenvalue weighted by atomic mass is 32.2. The van der Waals surface area contributed by atoms with E-state index in [1.807, 2.05) is 0 Å². The molecule has 1 aromatic rings. The Balaban J connectivity index is 2.16. The lowest BCUT2D eigenvalue weighted by Crippen LogP contribution is -2.51. The topological polar surface area (TPSA) is 74.7 Å². The third-order valence-electron chi connectivity index (χ3n) is 3.49. The van der Waals surface area contributed by atoms with Gasteiger partial charge in [-0.25, -0.2) is 8.42 Å². The van der Waals surface area contributed by atoms with Crippen molar-refractivity contribution >= 4 is 27.5 Å². The summed E-state index contributed by atoms with van der Waals surface area (Å²) < 4.78 is 24.3. The first kappa shape index (κ1) is 16.2. The zero-order valence-electron chi connectivity index (χ0n) is 11.9. The van der Waals surface area contributed by atoms with Gasteiger partial charge in [-0.3, -0.25) is 4.79 Å². The average molecular weight is 329 g/mol. The standard InChI is InChI=1S/C14H19NO4S2/c1-2-21(18,19)14-10-20-7-6-15(14)13(17)9-11-4-3-5-12(16)8-11/h3-5,8,14,16H,2,6-7,9-10H2,1H3. The molecule has 0 aliphatic carbocycles. The molecule has 1 saturated heterocycles. The van der Waals surface area contributed by atoms with E-state index in [-0.39, 0.29) is 23.8 Å². The maximum Gasteiger partial charge on any atom is 0.228 e. The number of carbonyl (C=O) groups is 1. The molecule has 21 heavy (non-hydrogen) atoms. The molecule has 5 nitrogen and oxygen atoms in total. The maximum absolute atomic E-state index is 12.4. The van der Waals surface area contributed by atoms with E-state index in [1.54, 1.807) is 30.8 Å². The fraction of sp³-hybridized carbons (Fsp3) is 0.500. The molecule has 0 spiro atoms. The number of amides is 1. The molecule has 1 aliphatic heterocycles. The van der Waals surface area contributed by atoms with Gasteiger partial charge >= 0.3 is 0 Å². The summed E-state index contributed by atoms with van der Waals surface area (Å²) >= 11 is 1.56. The minimum Gasteiger partial charge on any atom is -0.508 e. The van der Waals surface area contributed by atoms with E-state index < -0.39 is 15.2 Å². The molecule has 1 amide bonds. The fourth-order valence-electron chi connectivity index (χ4n) is 2.30. The van der Waals surface area contributed by atoms with Crippen molar-refractivity contribution in [1.29, 1.82) is 0 Å². The van der Waals surface area contributed by atoms with Gasteiger partial charge in [0.2, 0.25) is 5.91 Å². The van der Waals surface area contributed by atoms with Crippen molar-refractivity contribution in [3.63, 3.8) is 0 Å². The third kappa shape index (κ3) is 3.91. The number of hydrogen-bond donors (Lipinski definition) is 1. The highest BCUT2D eigenvalue weighted by Gasteiger charge is 2.35. The van der Waals surface area contributed by atoms with Crippen molar-refractivity contribution in [2.75, 3.05) is 23.8 Å². The van der Waals surface area contributed by atoms with Gasteiger partial charge in [0, 0.05) is 23.8 Å². The second kappa shape index (κ2) is 6.70. The van der Waals surface area contributed by atoms with Crippen LogP contribution in [0, 0.1) is 0 Å². The Kier molecular flexibility index (Phi) is 5.16. The number of aromatic hydroxyl groups is 1. The van der Waals surface area contributed by atoms with Crippen LogP contribution in [0.2, 0.25) is 0 Å². The molecule has 1 fully saturated rings. The number of sulfone groups is 1. The van der Waals surface area contributed by atoms with Crippen LogP contribution < -0.4 is 0 Å². The van der Waals surface area contributed by atoms with E-state index in [0.29, 0.717) is 17.9 Å². The van der Waals surface area contributed by atoms with Gasteiger partial charge in [-0.2, -0.15) is 11.8 Å². The fourth-order valence-corrected chi connectivity index (χ4v) is 5.29. The van der Waals surface area contributed by atoms with Gasteiger partial charge in [0.1, 0.15) is 11.1 Å². The minimum atomic E-state index is -3.28. The summed E-state index contributed by atoms with van der Waals surface area (Å²) in [6.07, 6.45) is 0.106. The Morgan fingerprint density at radius 1 is 1.48 bits per heavy atom. The van der Waals surface area contributed by atoms with Gasteiger partial charge in [0.25, 0.3) is 0 Å². The molecule has 1 unspecified atom stereocenters. The molecule has 7 heteroatoms. The molecular formula is C14H19NO4S2. The number of phenols is 1. The molecule has 1 N–H and O–H groups in total. The number of hydrogen-bond acceptors (Lipinski definition) is 5. The first-order valence-electron chi connectivity index (χ1n) is 6.80. The summed E-state index contributed by atoms with van der Waals surface area (Å²) in [4.78, 5) is 13.9. The Morgan fingerprint density at radius 3 is 2.90 bits per heavy atom. The van der Waals surface area contributed by atoms with Crippen molar-refractivity contribution in [2.45, 2.75) is 18.7 Å². The highest BCUT2D eigenvalue weighted by Crippen LogP contribution is 2.23. The lowest BCUT2D eigenvalue weighted by molar-refractivity contribution is -0.130. The van der Waals surface area contributed by atoms with Crippen LogP contribution in [0.4, 0.5) is 0 Å². The molecule has 1 heterocycles. The summed E-state index contributed by atoms with van der Waals surface area (Å²) in [7, 11) is -3.28. The summed E-state index contributed by atoms with van der Waals surface area (Å²) in [6.45, 7) is 2.05. The molecule has 1 aliphatic rings. The van der Waals surface area contributed by atoms with Crippen LogP contribution in [-0.4, -0.2) is 53.5 Å².